The first-order chi connectivity index (χ1) is 7.02. The average Bonchev–Trinajstić information content (AvgIpc) is 2.10. The molecule has 1 fully saturated rings. The second kappa shape index (κ2) is 4.97. The SMILES string of the molecule is CN(C(=O)NC[C@H](O)C(=O)O)C1CCC1. The molecule has 15 heavy (non-hydrogen) atoms. The summed E-state index contributed by atoms with van der Waals surface area (Å²) in [6.07, 6.45) is 1.57. The fourth-order valence-electron chi connectivity index (χ4n) is 1.34. The number of carboxylic acid groups (broad SMARTS) is 1. The third-order valence-corrected chi connectivity index (χ3v) is 2.67. The van der Waals surface area contributed by atoms with Crippen molar-refractivity contribution in [2.45, 2.75) is 31.4 Å². The Kier molecular flexibility index (Phi) is 3.90. The lowest BCUT2D eigenvalue weighted by molar-refractivity contribution is -0.146. The van der Waals surface area contributed by atoms with Crippen molar-refractivity contribution in [1.82, 2.24) is 10.2 Å². The summed E-state index contributed by atoms with van der Waals surface area (Å²) in [4.78, 5) is 23.2. The van der Waals surface area contributed by atoms with Gasteiger partial charge >= 0.3 is 12.0 Å². The van der Waals surface area contributed by atoms with E-state index in [1.54, 1.807) is 11.9 Å². The summed E-state index contributed by atoms with van der Waals surface area (Å²) in [7, 11) is 1.67. The molecule has 0 aromatic carbocycles. The monoisotopic (exact) mass is 216 g/mol. The lowest BCUT2D eigenvalue weighted by Gasteiger charge is -2.34. The maximum Gasteiger partial charge on any atom is 0.334 e. The molecule has 2 amide bonds. The van der Waals surface area contributed by atoms with Crippen molar-refractivity contribution in [2.24, 2.45) is 0 Å². The predicted molar refractivity (Wildman–Crippen MR) is 52.4 cm³/mol. The second-order valence-corrected chi connectivity index (χ2v) is 3.74. The number of amides is 2. The van der Waals surface area contributed by atoms with Gasteiger partial charge in [-0.1, -0.05) is 0 Å². The highest BCUT2D eigenvalue weighted by molar-refractivity contribution is 5.76. The van der Waals surface area contributed by atoms with Gasteiger partial charge in [0.05, 0.1) is 6.54 Å². The zero-order chi connectivity index (χ0) is 11.4. The van der Waals surface area contributed by atoms with Crippen LogP contribution in [-0.2, 0) is 4.79 Å². The number of carbonyl (C=O) groups is 2. The van der Waals surface area contributed by atoms with Crippen LogP contribution >= 0.6 is 0 Å². The molecule has 0 radical (unpaired) electrons. The van der Waals surface area contributed by atoms with E-state index in [0.29, 0.717) is 0 Å². The van der Waals surface area contributed by atoms with Gasteiger partial charge in [-0.2, -0.15) is 0 Å². The van der Waals surface area contributed by atoms with E-state index in [-0.39, 0.29) is 18.6 Å². The molecule has 0 heterocycles. The molecule has 0 aromatic rings. The first-order valence-corrected chi connectivity index (χ1v) is 4.94. The van der Waals surface area contributed by atoms with Crippen molar-refractivity contribution in [3.8, 4) is 0 Å². The van der Waals surface area contributed by atoms with E-state index in [0.717, 1.165) is 19.3 Å². The summed E-state index contributed by atoms with van der Waals surface area (Å²) < 4.78 is 0. The Morgan fingerprint density at radius 1 is 1.53 bits per heavy atom. The topological polar surface area (TPSA) is 89.9 Å². The van der Waals surface area contributed by atoms with Crippen LogP contribution in [0, 0.1) is 0 Å². The number of nitrogens with one attached hydrogen (secondary N) is 1. The highest BCUT2D eigenvalue weighted by Crippen LogP contribution is 2.23. The van der Waals surface area contributed by atoms with Crippen molar-refractivity contribution in [3.05, 3.63) is 0 Å². The molecular weight excluding hydrogens is 200 g/mol. The zero-order valence-corrected chi connectivity index (χ0v) is 8.64. The van der Waals surface area contributed by atoms with Crippen LogP contribution in [0.15, 0.2) is 0 Å². The van der Waals surface area contributed by atoms with Gasteiger partial charge in [0.15, 0.2) is 6.10 Å². The first-order valence-electron chi connectivity index (χ1n) is 4.94. The normalized spacial score (nSPS) is 17.7. The Bertz CT molecular complexity index is 252. The number of aliphatic hydroxyl groups is 1. The van der Waals surface area contributed by atoms with Crippen molar-refractivity contribution in [3.63, 3.8) is 0 Å². The molecule has 0 aromatic heterocycles. The third kappa shape index (κ3) is 3.09. The Balaban J connectivity index is 2.25. The molecule has 1 atom stereocenters. The van der Waals surface area contributed by atoms with Crippen molar-refractivity contribution >= 4 is 12.0 Å². The molecule has 0 saturated heterocycles. The van der Waals surface area contributed by atoms with Crippen LogP contribution in [0.3, 0.4) is 0 Å². The standard InChI is InChI=1S/C9H16N2O4/c1-11(6-3-2-4-6)9(15)10-5-7(12)8(13)14/h6-7,12H,2-5H2,1H3,(H,10,15)(H,13,14)/t7-/m0/s1. The fraction of sp³-hybridized carbons (Fsp3) is 0.778. The molecule has 0 spiro atoms. The minimum Gasteiger partial charge on any atom is -0.479 e. The number of hydrogen-bond donors (Lipinski definition) is 3. The van der Waals surface area contributed by atoms with E-state index in [4.69, 9.17) is 10.2 Å². The minimum absolute atomic E-state index is 0.256. The van der Waals surface area contributed by atoms with Gasteiger partial charge in [-0.15, -0.1) is 0 Å². The Morgan fingerprint density at radius 3 is 2.53 bits per heavy atom. The third-order valence-electron chi connectivity index (χ3n) is 2.67. The molecule has 6 heteroatoms. The summed E-state index contributed by atoms with van der Waals surface area (Å²) >= 11 is 0. The van der Waals surface area contributed by atoms with Crippen molar-refractivity contribution in [1.29, 1.82) is 0 Å². The Hall–Kier alpha value is -1.30. The maximum absolute atomic E-state index is 11.4. The molecule has 1 rings (SSSR count). The van der Waals surface area contributed by atoms with Crippen LogP contribution in [0.25, 0.3) is 0 Å². The minimum atomic E-state index is -1.54. The summed E-state index contributed by atoms with van der Waals surface area (Å²) in [6, 6.07) is -0.0769. The molecule has 0 unspecified atom stereocenters. The van der Waals surface area contributed by atoms with Gasteiger partial charge in [-0.25, -0.2) is 9.59 Å². The van der Waals surface area contributed by atoms with Crippen molar-refractivity contribution in [2.75, 3.05) is 13.6 Å². The number of rotatable bonds is 4. The van der Waals surface area contributed by atoms with Gasteiger partial charge in [0.1, 0.15) is 0 Å². The number of nitrogens with zero attached hydrogens (tertiary/aromatic N) is 1. The second-order valence-electron chi connectivity index (χ2n) is 3.74. The molecule has 86 valence electrons. The maximum atomic E-state index is 11.4. The summed E-state index contributed by atoms with van der Waals surface area (Å²) in [5.74, 6) is -1.33. The van der Waals surface area contributed by atoms with Crippen LogP contribution < -0.4 is 5.32 Å². The van der Waals surface area contributed by atoms with Crippen LogP contribution in [0.5, 0.6) is 0 Å². The molecule has 3 N–H and O–H groups in total. The number of urea groups is 1. The van der Waals surface area contributed by atoms with Gasteiger partial charge in [0, 0.05) is 13.1 Å². The van der Waals surface area contributed by atoms with Crippen LogP contribution in [-0.4, -0.2) is 52.9 Å². The lowest BCUT2D eigenvalue weighted by Crippen LogP contribution is -2.48. The van der Waals surface area contributed by atoms with E-state index in [1.165, 1.54) is 0 Å². The summed E-state index contributed by atoms with van der Waals surface area (Å²) in [5, 5.41) is 19.7. The van der Waals surface area contributed by atoms with E-state index in [9.17, 15) is 9.59 Å². The largest absolute Gasteiger partial charge is 0.479 e. The predicted octanol–water partition coefficient (Wildman–Crippen LogP) is -0.374. The average molecular weight is 216 g/mol. The molecule has 6 nitrogen and oxygen atoms in total. The number of carbonyl (C=O) groups excluding carboxylic acids is 1. The van der Waals surface area contributed by atoms with E-state index in [2.05, 4.69) is 5.32 Å². The highest BCUT2D eigenvalue weighted by atomic mass is 16.4. The highest BCUT2D eigenvalue weighted by Gasteiger charge is 2.26. The number of hydrogen-bond acceptors (Lipinski definition) is 3. The molecule has 1 saturated carbocycles. The summed E-state index contributed by atoms with van der Waals surface area (Å²) in [6.45, 7) is -0.259. The first kappa shape index (κ1) is 11.8. The van der Waals surface area contributed by atoms with Gasteiger partial charge in [-0.3, -0.25) is 0 Å². The number of aliphatic hydroxyl groups excluding tert-OH is 1. The number of carboxylic acids is 1. The Morgan fingerprint density at radius 2 is 2.13 bits per heavy atom. The van der Waals surface area contributed by atoms with Crippen molar-refractivity contribution < 1.29 is 19.8 Å². The quantitative estimate of drug-likeness (QED) is 0.598. The van der Waals surface area contributed by atoms with E-state index in [1.807, 2.05) is 0 Å². The van der Waals surface area contributed by atoms with E-state index < -0.39 is 12.1 Å². The van der Waals surface area contributed by atoms with Crippen LogP contribution in [0.2, 0.25) is 0 Å². The van der Waals surface area contributed by atoms with Crippen LogP contribution in [0.4, 0.5) is 4.79 Å². The Labute approximate surface area is 87.9 Å². The van der Waals surface area contributed by atoms with Gasteiger partial charge in [-0.05, 0) is 19.3 Å². The number of aliphatic carboxylic acids is 1. The molecule has 0 aliphatic heterocycles. The molecule has 0 bridgehead atoms. The smallest absolute Gasteiger partial charge is 0.334 e. The van der Waals surface area contributed by atoms with Crippen LogP contribution in [0.1, 0.15) is 19.3 Å². The molecular formula is C9H16N2O4. The fourth-order valence-corrected chi connectivity index (χ4v) is 1.34. The van der Waals surface area contributed by atoms with Gasteiger partial charge in [0.25, 0.3) is 0 Å². The molecule has 1 aliphatic rings. The molecule has 1 aliphatic carbocycles. The van der Waals surface area contributed by atoms with E-state index >= 15 is 0 Å². The lowest BCUT2D eigenvalue weighted by atomic mass is 9.92. The summed E-state index contributed by atoms with van der Waals surface area (Å²) in [5.41, 5.74) is 0. The van der Waals surface area contributed by atoms with Gasteiger partial charge < -0.3 is 20.4 Å². The zero-order valence-electron chi connectivity index (χ0n) is 8.64. The van der Waals surface area contributed by atoms with Gasteiger partial charge in [0.2, 0.25) is 0 Å².